The summed E-state index contributed by atoms with van der Waals surface area (Å²) in [4.78, 5) is 0. The lowest BCUT2D eigenvalue weighted by Crippen LogP contribution is -1.97. The second-order valence-corrected chi connectivity index (χ2v) is 3.22. The molecule has 80 valence electrons. The van der Waals surface area contributed by atoms with Crippen LogP contribution < -0.4 is 4.74 Å². The Kier molecular flexibility index (Phi) is 2.83. The van der Waals surface area contributed by atoms with Crippen LogP contribution in [0.2, 0.25) is 0 Å². The van der Waals surface area contributed by atoms with Crippen molar-refractivity contribution in [3.8, 4) is 11.8 Å². The molecule has 16 heavy (non-hydrogen) atoms. The molecular weight excluding hydrogens is 206 g/mol. The highest BCUT2D eigenvalue weighted by molar-refractivity contribution is 5.34. The average molecular weight is 215 g/mol. The molecule has 0 spiro atoms. The molecule has 1 aromatic carbocycles. The minimum Gasteiger partial charge on any atom is -0.487 e. The number of hydrogen-bond acceptors (Lipinski definition) is 5. The molecule has 1 heterocycles. The zero-order chi connectivity index (χ0) is 11.4. The topological polar surface area (TPSA) is 71.9 Å². The molecule has 0 fully saturated rings. The molecule has 5 heteroatoms. The maximum absolute atomic E-state index is 8.62. The smallest absolute Gasteiger partial charge is 0.145 e. The third kappa shape index (κ3) is 2.17. The first-order chi connectivity index (χ1) is 7.79. The number of ether oxygens (including phenoxy) is 1. The summed E-state index contributed by atoms with van der Waals surface area (Å²) in [6, 6.07) is 8.91. The lowest BCUT2D eigenvalue weighted by Gasteiger charge is -2.03. The van der Waals surface area contributed by atoms with Gasteiger partial charge in [-0.1, -0.05) is 10.3 Å². The molecule has 0 saturated carbocycles. The molecule has 0 saturated heterocycles. The van der Waals surface area contributed by atoms with Crippen LogP contribution in [0.3, 0.4) is 0 Å². The molecule has 0 atom stereocenters. The SMILES string of the molecule is Cc1nonc1COc1ccc(C#N)cc1. The van der Waals surface area contributed by atoms with Crippen LogP contribution in [0.5, 0.6) is 5.75 Å². The van der Waals surface area contributed by atoms with Crippen LogP contribution >= 0.6 is 0 Å². The summed E-state index contributed by atoms with van der Waals surface area (Å²) < 4.78 is 10.0. The van der Waals surface area contributed by atoms with Crippen molar-refractivity contribution in [2.24, 2.45) is 0 Å². The molecule has 0 aliphatic carbocycles. The minimum atomic E-state index is 0.307. The highest BCUT2D eigenvalue weighted by atomic mass is 16.6. The standard InChI is InChI=1S/C11H9N3O2/c1-8-11(14-16-13-8)7-15-10-4-2-9(6-12)3-5-10/h2-5H,7H2,1H3. The molecule has 2 rings (SSSR count). The van der Waals surface area contributed by atoms with Crippen LogP contribution in [0.25, 0.3) is 0 Å². The van der Waals surface area contributed by atoms with E-state index < -0.39 is 0 Å². The summed E-state index contributed by atoms with van der Waals surface area (Å²) in [5.74, 6) is 0.682. The van der Waals surface area contributed by atoms with Gasteiger partial charge in [0.25, 0.3) is 0 Å². The van der Waals surface area contributed by atoms with Gasteiger partial charge in [0.15, 0.2) is 0 Å². The lowest BCUT2D eigenvalue weighted by molar-refractivity contribution is 0.270. The first-order valence-corrected chi connectivity index (χ1v) is 4.70. The van der Waals surface area contributed by atoms with Crippen LogP contribution in [0.15, 0.2) is 28.9 Å². The zero-order valence-electron chi connectivity index (χ0n) is 8.67. The fourth-order valence-corrected chi connectivity index (χ4v) is 1.16. The molecule has 5 nitrogen and oxygen atoms in total. The van der Waals surface area contributed by atoms with Gasteiger partial charge in [-0.2, -0.15) is 5.26 Å². The van der Waals surface area contributed by atoms with Gasteiger partial charge in [0.2, 0.25) is 0 Å². The Morgan fingerprint density at radius 2 is 2.06 bits per heavy atom. The van der Waals surface area contributed by atoms with Crippen molar-refractivity contribution in [1.29, 1.82) is 5.26 Å². The van der Waals surface area contributed by atoms with E-state index in [0.29, 0.717) is 29.3 Å². The zero-order valence-corrected chi connectivity index (χ0v) is 8.67. The molecule has 1 aromatic heterocycles. The van der Waals surface area contributed by atoms with Crippen LogP contribution in [0.4, 0.5) is 0 Å². The number of rotatable bonds is 3. The maximum Gasteiger partial charge on any atom is 0.145 e. The highest BCUT2D eigenvalue weighted by Gasteiger charge is 2.05. The summed E-state index contributed by atoms with van der Waals surface area (Å²) in [6.45, 7) is 2.11. The van der Waals surface area contributed by atoms with Crippen molar-refractivity contribution < 1.29 is 9.37 Å². The highest BCUT2D eigenvalue weighted by Crippen LogP contribution is 2.13. The van der Waals surface area contributed by atoms with E-state index in [-0.39, 0.29) is 0 Å². The Balaban J connectivity index is 2.00. The third-order valence-electron chi connectivity index (χ3n) is 2.11. The van der Waals surface area contributed by atoms with E-state index in [1.54, 1.807) is 31.2 Å². The summed E-state index contributed by atoms with van der Waals surface area (Å²) >= 11 is 0. The first kappa shape index (κ1) is 10.2. The molecule has 0 radical (unpaired) electrons. The van der Waals surface area contributed by atoms with Crippen molar-refractivity contribution in [2.45, 2.75) is 13.5 Å². The molecule has 2 aromatic rings. The Labute approximate surface area is 92.2 Å². The summed E-state index contributed by atoms with van der Waals surface area (Å²) in [6.07, 6.45) is 0. The molecule has 0 aliphatic heterocycles. The predicted octanol–water partition coefficient (Wildman–Crippen LogP) is 1.83. The van der Waals surface area contributed by atoms with E-state index in [2.05, 4.69) is 14.9 Å². The number of nitrogens with zero attached hydrogens (tertiary/aromatic N) is 3. The number of benzene rings is 1. The lowest BCUT2D eigenvalue weighted by atomic mass is 10.2. The van der Waals surface area contributed by atoms with Crippen molar-refractivity contribution in [2.75, 3.05) is 0 Å². The summed E-state index contributed by atoms with van der Waals surface area (Å²) in [7, 11) is 0. The maximum atomic E-state index is 8.62. The molecule has 0 unspecified atom stereocenters. The van der Waals surface area contributed by atoms with E-state index in [1.807, 2.05) is 6.07 Å². The Morgan fingerprint density at radius 3 is 2.62 bits per heavy atom. The second kappa shape index (κ2) is 4.45. The molecule has 0 bridgehead atoms. The van der Waals surface area contributed by atoms with Gasteiger partial charge in [-0.05, 0) is 31.2 Å². The molecule has 0 aliphatic rings. The Hall–Kier alpha value is -2.35. The molecule has 0 N–H and O–H groups in total. The van der Waals surface area contributed by atoms with Gasteiger partial charge in [0.05, 0.1) is 11.6 Å². The van der Waals surface area contributed by atoms with Crippen LogP contribution in [0, 0.1) is 18.3 Å². The number of hydrogen-bond donors (Lipinski definition) is 0. The second-order valence-electron chi connectivity index (χ2n) is 3.22. The fraction of sp³-hybridized carbons (Fsp3) is 0.182. The van der Waals surface area contributed by atoms with Crippen molar-refractivity contribution in [3.05, 3.63) is 41.2 Å². The first-order valence-electron chi connectivity index (χ1n) is 4.70. The largest absolute Gasteiger partial charge is 0.487 e. The monoisotopic (exact) mass is 215 g/mol. The Morgan fingerprint density at radius 1 is 1.31 bits per heavy atom. The fourth-order valence-electron chi connectivity index (χ4n) is 1.16. The average Bonchev–Trinajstić information content (AvgIpc) is 2.73. The van der Waals surface area contributed by atoms with Gasteiger partial charge in [-0.25, -0.2) is 4.63 Å². The van der Waals surface area contributed by atoms with Crippen LogP contribution in [-0.2, 0) is 6.61 Å². The van der Waals surface area contributed by atoms with Gasteiger partial charge in [-0.3, -0.25) is 0 Å². The third-order valence-corrected chi connectivity index (χ3v) is 2.11. The van der Waals surface area contributed by atoms with Crippen molar-refractivity contribution in [3.63, 3.8) is 0 Å². The molecular formula is C11H9N3O2. The van der Waals surface area contributed by atoms with Gasteiger partial charge >= 0.3 is 0 Å². The normalized spacial score (nSPS) is 9.75. The van der Waals surface area contributed by atoms with Crippen LogP contribution in [0.1, 0.15) is 17.0 Å². The van der Waals surface area contributed by atoms with E-state index in [4.69, 9.17) is 10.00 Å². The van der Waals surface area contributed by atoms with Crippen molar-refractivity contribution >= 4 is 0 Å². The predicted molar refractivity (Wildman–Crippen MR) is 54.5 cm³/mol. The van der Waals surface area contributed by atoms with E-state index >= 15 is 0 Å². The summed E-state index contributed by atoms with van der Waals surface area (Å²) in [5.41, 5.74) is 1.99. The van der Waals surface area contributed by atoms with Gasteiger partial charge < -0.3 is 4.74 Å². The van der Waals surface area contributed by atoms with E-state index in [9.17, 15) is 0 Å². The quantitative estimate of drug-likeness (QED) is 0.780. The minimum absolute atomic E-state index is 0.307. The summed E-state index contributed by atoms with van der Waals surface area (Å²) in [5, 5.41) is 16.0. The Bertz CT molecular complexity index is 511. The number of aryl methyl sites for hydroxylation is 1. The van der Waals surface area contributed by atoms with E-state index in [1.165, 1.54) is 0 Å². The van der Waals surface area contributed by atoms with Gasteiger partial charge in [-0.15, -0.1) is 0 Å². The molecule has 0 amide bonds. The van der Waals surface area contributed by atoms with Crippen LogP contribution in [-0.4, -0.2) is 10.3 Å². The number of aromatic nitrogens is 2. The van der Waals surface area contributed by atoms with Gasteiger partial charge in [0, 0.05) is 0 Å². The number of nitriles is 1. The van der Waals surface area contributed by atoms with E-state index in [0.717, 1.165) is 0 Å². The van der Waals surface area contributed by atoms with Crippen molar-refractivity contribution in [1.82, 2.24) is 10.3 Å². The van der Waals surface area contributed by atoms with Gasteiger partial charge in [0.1, 0.15) is 23.7 Å².